The van der Waals surface area contributed by atoms with Gasteiger partial charge in [0.25, 0.3) is 0 Å². The van der Waals surface area contributed by atoms with Gasteiger partial charge >= 0.3 is 0 Å². The molecule has 0 saturated carbocycles. The summed E-state index contributed by atoms with van der Waals surface area (Å²) >= 11 is 11.4. The molecule has 0 amide bonds. The van der Waals surface area contributed by atoms with Crippen molar-refractivity contribution in [2.75, 3.05) is 6.54 Å². The van der Waals surface area contributed by atoms with Crippen molar-refractivity contribution in [3.63, 3.8) is 0 Å². The number of hydrogen-bond acceptors (Lipinski definition) is 3. The zero-order chi connectivity index (χ0) is 15.4. The van der Waals surface area contributed by atoms with Crippen molar-refractivity contribution >= 4 is 38.9 Å². The van der Waals surface area contributed by atoms with E-state index in [0.29, 0.717) is 0 Å². The summed E-state index contributed by atoms with van der Waals surface area (Å²) in [5, 5.41) is 8.20. The van der Waals surface area contributed by atoms with Crippen molar-refractivity contribution in [3.8, 4) is 0 Å². The van der Waals surface area contributed by atoms with Gasteiger partial charge in [-0.2, -0.15) is 5.10 Å². The van der Waals surface area contributed by atoms with Gasteiger partial charge in [0.2, 0.25) is 0 Å². The van der Waals surface area contributed by atoms with Crippen molar-refractivity contribution in [2.24, 2.45) is 7.05 Å². The fourth-order valence-electron chi connectivity index (χ4n) is 2.34. The monoisotopic (exact) mass is 389 g/mol. The highest BCUT2D eigenvalue weighted by atomic mass is 79.9. The first-order valence-electron chi connectivity index (χ1n) is 7.25. The Kier molecular flexibility index (Phi) is 6.29. The van der Waals surface area contributed by atoms with Gasteiger partial charge in [0.15, 0.2) is 0 Å². The maximum Gasteiger partial charge on any atom is 0.0931 e. The number of nitrogens with one attached hydrogen (secondary N) is 1. The van der Waals surface area contributed by atoms with E-state index in [9.17, 15) is 0 Å². The molecule has 0 aromatic carbocycles. The van der Waals surface area contributed by atoms with Gasteiger partial charge < -0.3 is 5.32 Å². The lowest BCUT2D eigenvalue weighted by atomic mass is 10.1. The Morgan fingerprint density at radius 3 is 2.71 bits per heavy atom. The molecule has 0 fully saturated rings. The van der Waals surface area contributed by atoms with Gasteiger partial charge in [0, 0.05) is 24.4 Å². The van der Waals surface area contributed by atoms with E-state index < -0.39 is 0 Å². The highest BCUT2D eigenvalue weighted by Crippen LogP contribution is 2.31. The van der Waals surface area contributed by atoms with Crippen molar-refractivity contribution in [1.29, 1.82) is 0 Å². The molecule has 0 radical (unpaired) electrons. The van der Waals surface area contributed by atoms with Gasteiger partial charge in [-0.05, 0) is 47.4 Å². The summed E-state index contributed by atoms with van der Waals surface area (Å²) in [4.78, 5) is 1.28. The smallest absolute Gasteiger partial charge is 0.0931 e. The lowest BCUT2D eigenvalue weighted by Crippen LogP contribution is -2.24. The predicted molar refractivity (Wildman–Crippen MR) is 94.4 cm³/mol. The van der Waals surface area contributed by atoms with E-state index >= 15 is 0 Å². The minimum Gasteiger partial charge on any atom is -0.309 e. The first kappa shape index (κ1) is 17.0. The average Bonchev–Trinajstić information content (AvgIpc) is 3.00. The van der Waals surface area contributed by atoms with E-state index in [1.807, 2.05) is 17.8 Å². The molecule has 2 rings (SSSR count). The van der Waals surface area contributed by atoms with Crippen LogP contribution in [0.4, 0.5) is 0 Å². The van der Waals surface area contributed by atoms with E-state index in [2.05, 4.69) is 46.3 Å². The Balaban J connectivity index is 2.24. The number of aryl methyl sites for hydroxylation is 2. The molecular formula is C15H21BrClN3S. The molecule has 3 nitrogen and oxygen atoms in total. The van der Waals surface area contributed by atoms with Gasteiger partial charge in [-0.25, -0.2) is 0 Å². The van der Waals surface area contributed by atoms with Crippen molar-refractivity contribution in [1.82, 2.24) is 15.1 Å². The maximum atomic E-state index is 6.09. The van der Waals surface area contributed by atoms with E-state index in [1.54, 1.807) is 11.3 Å². The number of thiophene rings is 1. The van der Waals surface area contributed by atoms with Crippen LogP contribution >= 0.6 is 38.9 Å². The van der Waals surface area contributed by atoms with Crippen molar-refractivity contribution < 1.29 is 0 Å². The number of halogens is 2. The van der Waals surface area contributed by atoms with Crippen LogP contribution in [0.3, 0.4) is 0 Å². The van der Waals surface area contributed by atoms with Gasteiger partial charge in [-0.15, -0.1) is 11.3 Å². The van der Waals surface area contributed by atoms with Crippen LogP contribution in [0.1, 0.15) is 42.6 Å². The second kappa shape index (κ2) is 7.77. The van der Waals surface area contributed by atoms with Crippen LogP contribution in [0, 0.1) is 0 Å². The van der Waals surface area contributed by atoms with Crippen LogP contribution in [0.2, 0.25) is 4.34 Å². The van der Waals surface area contributed by atoms with Gasteiger partial charge in [-0.3, -0.25) is 4.68 Å². The average molecular weight is 391 g/mol. The molecule has 2 aromatic rings. The van der Waals surface area contributed by atoms with Crippen LogP contribution in [0.15, 0.2) is 16.6 Å². The third-order valence-corrected chi connectivity index (χ3v) is 5.74. The zero-order valence-electron chi connectivity index (χ0n) is 12.6. The molecule has 0 aliphatic heterocycles. The summed E-state index contributed by atoms with van der Waals surface area (Å²) in [5.74, 6) is 0. The molecule has 2 aromatic heterocycles. The van der Waals surface area contributed by atoms with Crippen LogP contribution in [-0.4, -0.2) is 16.3 Å². The summed E-state index contributed by atoms with van der Waals surface area (Å²) in [6.07, 6.45) is 2.95. The molecule has 1 atom stereocenters. The highest BCUT2D eigenvalue weighted by Gasteiger charge is 2.20. The lowest BCUT2D eigenvalue weighted by Gasteiger charge is -2.17. The van der Waals surface area contributed by atoms with Crippen LogP contribution in [0.25, 0.3) is 0 Å². The van der Waals surface area contributed by atoms with Crippen molar-refractivity contribution in [2.45, 2.75) is 39.2 Å². The molecule has 0 spiro atoms. The maximum absolute atomic E-state index is 6.09. The number of hydrogen-bond donors (Lipinski definition) is 1. The topological polar surface area (TPSA) is 29.9 Å². The molecule has 0 aliphatic carbocycles. The quantitative estimate of drug-likeness (QED) is 0.739. The standard InChI is InChI=1S/C15H21BrClN3S/c1-4-8-18-11(13-6-7-14(17)21-13)9-12-15(16)10(5-2)19-20(12)3/h6-7,11,18H,4-5,8-9H2,1-3H3. The highest BCUT2D eigenvalue weighted by molar-refractivity contribution is 9.10. The summed E-state index contributed by atoms with van der Waals surface area (Å²) < 4.78 is 3.96. The van der Waals surface area contributed by atoms with E-state index in [1.165, 1.54) is 10.6 Å². The normalized spacial score (nSPS) is 12.8. The molecule has 1 unspecified atom stereocenters. The zero-order valence-corrected chi connectivity index (χ0v) is 15.8. The van der Waals surface area contributed by atoms with Crippen LogP contribution < -0.4 is 5.32 Å². The second-order valence-corrected chi connectivity index (χ2v) is 7.58. The van der Waals surface area contributed by atoms with Gasteiger partial charge in [0.1, 0.15) is 0 Å². The fraction of sp³-hybridized carbons (Fsp3) is 0.533. The minimum absolute atomic E-state index is 0.277. The molecule has 6 heteroatoms. The van der Waals surface area contributed by atoms with E-state index in [0.717, 1.165) is 40.3 Å². The third-order valence-electron chi connectivity index (χ3n) is 3.48. The second-order valence-electron chi connectivity index (χ2n) is 5.04. The van der Waals surface area contributed by atoms with Gasteiger partial charge in [0.05, 0.1) is 20.2 Å². The molecule has 116 valence electrons. The Bertz CT molecular complexity index is 594. The van der Waals surface area contributed by atoms with Crippen molar-refractivity contribution in [3.05, 3.63) is 37.2 Å². The lowest BCUT2D eigenvalue weighted by molar-refractivity contribution is 0.518. The summed E-state index contributed by atoms with van der Waals surface area (Å²) in [7, 11) is 2.01. The molecule has 0 aliphatic rings. The molecule has 0 bridgehead atoms. The first-order chi connectivity index (χ1) is 10.1. The Labute approximate surface area is 143 Å². The molecular weight excluding hydrogens is 370 g/mol. The number of nitrogens with zero attached hydrogens (tertiary/aromatic N) is 2. The summed E-state index contributed by atoms with van der Waals surface area (Å²) in [6, 6.07) is 4.36. The number of rotatable bonds is 7. The van der Waals surface area contributed by atoms with Crippen LogP contribution in [-0.2, 0) is 19.9 Å². The Hall–Kier alpha value is -0.360. The van der Waals surface area contributed by atoms with Gasteiger partial charge in [-0.1, -0.05) is 25.4 Å². The van der Waals surface area contributed by atoms with E-state index in [-0.39, 0.29) is 6.04 Å². The minimum atomic E-state index is 0.277. The number of aromatic nitrogens is 2. The fourth-order valence-corrected chi connectivity index (χ4v) is 4.26. The summed E-state index contributed by atoms with van der Waals surface area (Å²) in [6.45, 7) is 5.31. The van der Waals surface area contributed by atoms with E-state index in [4.69, 9.17) is 11.6 Å². The Morgan fingerprint density at radius 1 is 1.43 bits per heavy atom. The largest absolute Gasteiger partial charge is 0.309 e. The molecule has 21 heavy (non-hydrogen) atoms. The summed E-state index contributed by atoms with van der Waals surface area (Å²) in [5.41, 5.74) is 2.34. The molecule has 1 N–H and O–H groups in total. The SMILES string of the molecule is CCCNC(Cc1c(Br)c(CC)nn1C)c1ccc(Cl)s1. The molecule has 2 heterocycles. The predicted octanol–water partition coefficient (Wildman–Crippen LogP) is 4.74. The first-order valence-corrected chi connectivity index (χ1v) is 9.24. The third kappa shape index (κ3) is 4.09. The Morgan fingerprint density at radius 2 is 2.19 bits per heavy atom. The molecule has 0 saturated heterocycles. The van der Waals surface area contributed by atoms with Crippen LogP contribution in [0.5, 0.6) is 0 Å².